The topological polar surface area (TPSA) is 85.2 Å². The van der Waals surface area contributed by atoms with Crippen LogP contribution in [0.15, 0.2) is 6.07 Å². The third kappa shape index (κ3) is 2.30. The summed E-state index contributed by atoms with van der Waals surface area (Å²) >= 11 is 0. The van der Waals surface area contributed by atoms with Crippen LogP contribution in [0.25, 0.3) is 0 Å². The van der Waals surface area contributed by atoms with Crippen LogP contribution in [-0.4, -0.2) is 37.5 Å². The molecule has 0 aliphatic carbocycles. The Morgan fingerprint density at radius 2 is 1.94 bits per heavy atom. The summed E-state index contributed by atoms with van der Waals surface area (Å²) in [5.74, 6) is -3.45. The van der Waals surface area contributed by atoms with Gasteiger partial charge in [0.1, 0.15) is 0 Å². The summed E-state index contributed by atoms with van der Waals surface area (Å²) in [7, 11) is 3.50. The molecule has 0 saturated carbocycles. The molecule has 1 aromatic rings. The number of hydrogen-bond donors (Lipinski definition) is 2. The SMILES string of the molecule is COC(=O)C(O)c1cc(OC)c(OC)c(F)c1O. The van der Waals surface area contributed by atoms with Gasteiger partial charge in [-0.3, -0.25) is 0 Å². The van der Waals surface area contributed by atoms with Crippen molar-refractivity contribution in [2.45, 2.75) is 6.10 Å². The van der Waals surface area contributed by atoms with E-state index in [1.165, 1.54) is 14.2 Å². The zero-order chi connectivity index (χ0) is 13.9. The average molecular weight is 260 g/mol. The number of hydrogen-bond acceptors (Lipinski definition) is 6. The van der Waals surface area contributed by atoms with Gasteiger partial charge in [0.25, 0.3) is 0 Å². The van der Waals surface area contributed by atoms with Crippen molar-refractivity contribution in [1.29, 1.82) is 0 Å². The fourth-order valence-electron chi connectivity index (χ4n) is 1.41. The van der Waals surface area contributed by atoms with Gasteiger partial charge in [0.15, 0.2) is 17.6 Å². The molecular weight excluding hydrogens is 247 g/mol. The molecule has 0 aliphatic heterocycles. The standard InChI is InChI=1S/C11H13FO6/c1-16-6-4-5(9(14)11(15)18-3)8(13)7(12)10(6)17-2/h4,9,13-14H,1-3H3. The van der Waals surface area contributed by atoms with E-state index < -0.39 is 23.6 Å². The minimum absolute atomic E-state index is 0.0641. The number of carbonyl (C=O) groups excluding carboxylic acids is 1. The Kier molecular flexibility index (Phi) is 4.33. The molecule has 0 saturated heterocycles. The van der Waals surface area contributed by atoms with Gasteiger partial charge in [-0.2, -0.15) is 4.39 Å². The molecule has 0 amide bonds. The first kappa shape index (κ1) is 14.0. The molecule has 0 fully saturated rings. The molecule has 0 heterocycles. The highest BCUT2D eigenvalue weighted by molar-refractivity contribution is 5.77. The number of phenolic OH excluding ortho intramolecular Hbond substituents is 1. The second-order valence-corrected chi connectivity index (χ2v) is 3.29. The zero-order valence-corrected chi connectivity index (χ0v) is 10.1. The summed E-state index contributed by atoms with van der Waals surface area (Å²) in [6, 6.07) is 1.10. The fraction of sp³-hybridized carbons (Fsp3) is 0.364. The number of carbonyl (C=O) groups is 1. The quantitative estimate of drug-likeness (QED) is 0.777. The molecule has 0 aliphatic rings. The van der Waals surface area contributed by atoms with E-state index in [2.05, 4.69) is 4.74 Å². The second kappa shape index (κ2) is 5.54. The largest absolute Gasteiger partial charge is 0.504 e. The van der Waals surface area contributed by atoms with Gasteiger partial charge in [0.05, 0.1) is 21.3 Å². The molecule has 2 N–H and O–H groups in total. The number of benzene rings is 1. The molecule has 1 aromatic carbocycles. The molecular formula is C11H13FO6. The van der Waals surface area contributed by atoms with Crippen molar-refractivity contribution >= 4 is 5.97 Å². The molecule has 18 heavy (non-hydrogen) atoms. The molecule has 1 unspecified atom stereocenters. The van der Waals surface area contributed by atoms with Crippen molar-refractivity contribution in [3.8, 4) is 17.2 Å². The molecule has 0 aromatic heterocycles. The Hall–Kier alpha value is -2.02. The van der Waals surface area contributed by atoms with Gasteiger partial charge in [-0.1, -0.05) is 0 Å². The van der Waals surface area contributed by atoms with Gasteiger partial charge in [0.2, 0.25) is 11.6 Å². The molecule has 7 heteroatoms. The monoisotopic (exact) mass is 260 g/mol. The minimum Gasteiger partial charge on any atom is -0.504 e. The lowest BCUT2D eigenvalue weighted by Crippen LogP contribution is -2.14. The number of methoxy groups -OCH3 is 3. The van der Waals surface area contributed by atoms with E-state index in [0.717, 1.165) is 13.2 Å². The first-order valence-corrected chi connectivity index (χ1v) is 4.87. The van der Waals surface area contributed by atoms with Crippen LogP contribution in [0.4, 0.5) is 4.39 Å². The lowest BCUT2D eigenvalue weighted by Gasteiger charge is -2.15. The van der Waals surface area contributed by atoms with E-state index >= 15 is 0 Å². The first-order valence-electron chi connectivity index (χ1n) is 4.87. The van der Waals surface area contributed by atoms with E-state index in [0.29, 0.717) is 0 Å². The third-order valence-corrected chi connectivity index (χ3v) is 2.33. The minimum atomic E-state index is -1.82. The van der Waals surface area contributed by atoms with Crippen molar-refractivity contribution in [3.05, 3.63) is 17.4 Å². The number of phenols is 1. The summed E-state index contributed by atoms with van der Waals surface area (Å²) in [5, 5.41) is 19.1. The third-order valence-electron chi connectivity index (χ3n) is 2.33. The van der Waals surface area contributed by atoms with E-state index in [4.69, 9.17) is 9.47 Å². The Morgan fingerprint density at radius 3 is 2.39 bits per heavy atom. The van der Waals surface area contributed by atoms with Crippen molar-refractivity contribution in [3.63, 3.8) is 0 Å². The fourth-order valence-corrected chi connectivity index (χ4v) is 1.41. The van der Waals surface area contributed by atoms with E-state index in [1.807, 2.05) is 0 Å². The smallest absolute Gasteiger partial charge is 0.339 e. The number of rotatable bonds is 4. The van der Waals surface area contributed by atoms with Gasteiger partial charge in [-0.15, -0.1) is 0 Å². The Bertz CT molecular complexity index is 459. The van der Waals surface area contributed by atoms with Gasteiger partial charge in [0, 0.05) is 5.56 Å². The zero-order valence-electron chi connectivity index (χ0n) is 10.1. The maximum Gasteiger partial charge on any atom is 0.339 e. The predicted molar refractivity (Wildman–Crippen MR) is 58.1 cm³/mol. The van der Waals surface area contributed by atoms with Gasteiger partial charge in [-0.05, 0) is 6.07 Å². The van der Waals surface area contributed by atoms with Crippen molar-refractivity contribution in [2.75, 3.05) is 21.3 Å². The highest BCUT2D eigenvalue weighted by Crippen LogP contribution is 2.40. The Labute approximate surface area is 103 Å². The second-order valence-electron chi connectivity index (χ2n) is 3.29. The summed E-state index contributed by atoms with van der Waals surface area (Å²) in [6.45, 7) is 0. The number of halogens is 1. The van der Waals surface area contributed by atoms with Crippen LogP contribution in [0.1, 0.15) is 11.7 Å². The number of aliphatic hydroxyl groups is 1. The lowest BCUT2D eigenvalue weighted by atomic mass is 10.1. The number of aliphatic hydroxyl groups excluding tert-OH is 1. The van der Waals surface area contributed by atoms with Crippen LogP contribution in [0.2, 0.25) is 0 Å². The summed E-state index contributed by atoms with van der Waals surface area (Å²) in [6.07, 6.45) is -1.82. The van der Waals surface area contributed by atoms with Gasteiger partial charge < -0.3 is 24.4 Å². The summed E-state index contributed by atoms with van der Waals surface area (Å²) in [5.41, 5.74) is -0.364. The molecule has 0 radical (unpaired) electrons. The van der Waals surface area contributed by atoms with E-state index in [1.54, 1.807) is 0 Å². The van der Waals surface area contributed by atoms with Crippen molar-refractivity contribution < 1.29 is 33.6 Å². The van der Waals surface area contributed by atoms with Crippen LogP contribution >= 0.6 is 0 Å². The molecule has 1 atom stereocenters. The highest BCUT2D eigenvalue weighted by Gasteiger charge is 2.27. The Balaban J connectivity index is 3.38. The van der Waals surface area contributed by atoms with Crippen LogP contribution in [0.5, 0.6) is 17.2 Å². The van der Waals surface area contributed by atoms with Gasteiger partial charge >= 0.3 is 5.97 Å². The molecule has 0 bridgehead atoms. The number of aromatic hydroxyl groups is 1. The highest BCUT2D eigenvalue weighted by atomic mass is 19.1. The number of ether oxygens (including phenoxy) is 3. The van der Waals surface area contributed by atoms with Crippen LogP contribution in [-0.2, 0) is 9.53 Å². The predicted octanol–water partition coefficient (Wildman–Crippen LogP) is 0.755. The normalized spacial score (nSPS) is 11.8. The summed E-state index contributed by atoms with van der Waals surface area (Å²) < 4.78 is 27.6. The lowest BCUT2D eigenvalue weighted by molar-refractivity contribution is -0.150. The van der Waals surface area contributed by atoms with Crippen molar-refractivity contribution in [2.24, 2.45) is 0 Å². The van der Waals surface area contributed by atoms with E-state index in [-0.39, 0.29) is 17.1 Å². The Morgan fingerprint density at radius 1 is 1.33 bits per heavy atom. The molecule has 100 valence electrons. The average Bonchev–Trinajstić information content (AvgIpc) is 2.39. The molecule has 1 rings (SSSR count). The number of esters is 1. The van der Waals surface area contributed by atoms with Crippen LogP contribution in [0.3, 0.4) is 0 Å². The van der Waals surface area contributed by atoms with Crippen molar-refractivity contribution in [1.82, 2.24) is 0 Å². The maximum atomic E-state index is 13.7. The summed E-state index contributed by atoms with van der Waals surface area (Å²) in [4.78, 5) is 11.2. The van der Waals surface area contributed by atoms with Crippen LogP contribution < -0.4 is 9.47 Å². The maximum absolute atomic E-state index is 13.7. The molecule has 6 nitrogen and oxygen atoms in total. The van der Waals surface area contributed by atoms with E-state index in [9.17, 15) is 19.4 Å². The molecule has 0 spiro atoms. The van der Waals surface area contributed by atoms with Gasteiger partial charge in [-0.25, -0.2) is 4.79 Å². The van der Waals surface area contributed by atoms with Crippen LogP contribution in [0, 0.1) is 5.82 Å². The first-order chi connectivity index (χ1) is 8.47.